The topological polar surface area (TPSA) is 24.5 Å². The zero-order valence-electron chi connectivity index (χ0n) is 12.6. The molecule has 1 saturated heterocycles. The van der Waals surface area contributed by atoms with Gasteiger partial charge in [-0.05, 0) is 51.2 Å². The summed E-state index contributed by atoms with van der Waals surface area (Å²) in [6, 6.07) is 0.553. The lowest BCUT2D eigenvalue weighted by Crippen LogP contribution is -2.45. The molecule has 2 unspecified atom stereocenters. The Hall–Kier alpha value is -0.120. The Balaban J connectivity index is 2.40. The molecule has 1 N–H and O–H groups in total. The Morgan fingerprint density at radius 2 is 2.11 bits per heavy atom. The number of methoxy groups -OCH3 is 1. The van der Waals surface area contributed by atoms with Gasteiger partial charge in [-0.15, -0.1) is 0 Å². The van der Waals surface area contributed by atoms with Gasteiger partial charge in [0.05, 0.1) is 6.61 Å². The number of hydrogen-bond donors (Lipinski definition) is 1. The van der Waals surface area contributed by atoms with E-state index < -0.39 is 0 Å². The molecule has 0 aromatic rings. The van der Waals surface area contributed by atoms with E-state index in [2.05, 4.69) is 24.1 Å². The highest BCUT2D eigenvalue weighted by Gasteiger charge is 2.22. The van der Waals surface area contributed by atoms with E-state index in [1.807, 2.05) is 7.11 Å². The molecule has 1 aliphatic rings. The van der Waals surface area contributed by atoms with Gasteiger partial charge in [-0.2, -0.15) is 0 Å². The van der Waals surface area contributed by atoms with Crippen molar-refractivity contribution in [1.82, 2.24) is 10.2 Å². The Labute approximate surface area is 113 Å². The van der Waals surface area contributed by atoms with Gasteiger partial charge < -0.3 is 10.1 Å². The monoisotopic (exact) mass is 256 g/mol. The van der Waals surface area contributed by atoms with E-state index in [0.29, 0.717) is 6.04 Å². The lowest BCUT2D eigenvalue weighted by molar-refractivity contribution is 0.0906. The zero-order chi connectivity index (χ0) is 13.2. The predicted octanol–water partition coefficient (Wildman–Crippen LogP) is 2.51. The quantitative estimate of drug-likeness (QED) is 0.675. The van der Waals surface area contributed by atoms with Crippen LogP contribution in [0, 0.1) is 5.92 Å². The molecular weight excluding hydrogens is 224 g/mol. The Kier molecular flexibility index (Phi) is 8.64. The van der Waals surface area contributed by atoms with Crippen LogP contribution in [0.2, 0.25) is 0 Å². The first-order chi connectivity index (χ1) is 8.81. The van der Waals surface area contributed by atoms with E-state index in [0.717, 1.165) is 25.6 Å². The molecule has 2 atom stereocenters. The summed E-state index contributed by atoms with van der Waals surface area (Å²) in [5.41, 5.74) is 0. The van der Waals surface area contributed by atoms with E-state index >= 15 is 0 Å². The van der Waals surface area contributed by atoms with Gasteiger partial charge in [0.2, 0.25) is 0 Å². The van der Waals surface area contributed by atoms with Gasteiger partial charge in [-0.1, -0.05) is 20.3 Å². The van der Waals surface area contributed by atoms with Crippen LogP contribution < -0.4 is 5.32 Å². The summed E-state index contributed by atoms with van der Waals surface area (Å²) in [4.78, 5) is 2.64. The van der Waals surface area contributed by atoms with Crippen LogP contribution in [0.5, 0.6) is 0 Å². The fraction of sp³-hybridized carbons (Fsp3) is 1.00. The van der Waals surface area contributed by atoms with Gasteiger partial charge in [0.25, 0.3) is 0 Å². The van der Waals surface area contributed by atoms with Gasteiger partial charge >= 0.3 is 0 Å². The second-order valence-corrected chi connectivity index (χ2v) is 5.55. The maximum Gasteiger partial charge on any atom is 0.0630 e. The van der Waals surface area contributed by atoms with Crippen LogP contribution in [0.1, 0.15) is 46.0 Å². The van der Waals surface area contributed by atoms with Crippen LogP contribution in [-0.4, -0.2) is 50.8 Å². The van der Waals surface area contributed by atoms with Crippen molar-refractivity contribution in [2.45, 2.75) is 52.0 Å². The van der Waals surface area contributed by atoms with Crippen LogP contribution in [-0.2, 0) is 4.74 Å². The van der Waals surface area contributed by atoms with Crippen LogP contribution in [0.3, 0.4) is 0 Å². The highest BCUT2D eigenvalue weighted by molar-refractivity contribution is 4.78. The molecule has 18 heavy (non-hydrogen) atoms. The normalized spacial score (nSPS) is 23.8. The van der Waals surface area contributed by atoms with Crippen molar-refractivity contribution >= 4 is 0 Å². The smallest absolute Gasteiger partial charge is 0.0630 e. The van der Waals surface area contributed by atoms with Gasteiger partial charge in [-0.3, -0.25) is 4.90 Å². The molecule has 1 rings (SSSR count). The number of rotatable bonds is 8. The minimum absolute atomic E-state index is 0.553. The maximum absolute atomic E-state index is 5.40. The number of nitrogens with one attached hydrogen (secondary N) is 1. The summed E-state index contributed by atoms with van der Waals surface area (Å²) < 4.78 is 5.40. The van der Waals surface area contributed by atoms with E-state index in [4.69, 9.17) is 4.74 Å². The summed E-state index contributed by atoms with van der Waals surface area (Å²) in [5.74, 6) is 0.946. The number of hydrogen-bond acceptors (Lipinski definition) is 3. The number of nitrogens with zero attached hydrogens (tertiary/aromatic N) is 1. The third-order valence-corrected chi connectivity index (χ3v) is 4.14. The van der Waals surface area contributed by atoms with Crippen molar-refractivity contribution in [3.8, 4) is 0 Å². The van der Waals surface area contributed by atoms with Crippen LogP contribution in [0.25, 0.3) is 0 Å². The molecule has 0 aliphatic carbocycles. The first kappa shape index (κ1) is 15.9. The summed E-state index contributed by atoms with van der Waals surface area (Å²) >= 11 is 0. The van der Waals surface area contributed by atoms with E-state index in [1.54, 1.807) is 0 Å². The van der Waals surface area contributed by atoms with Crippen molar-refractivity contribution in [3.63, 3.8) is 0 Å². The molecule has 0 saturated carbocycles. The molecule has 1 aliphatic heterocycles. The average Bonchev–Trinajstić information content (AvgIpc) is 2.63. The maximum atomic E-state index is 5.40. The number of likely N-dealkylation sites (tertiary alicyclic amines) is 1. The molecule has 0 radical (unpaired) electrons. The lowest BCUT2D eigenvalue weighted by Gasteiger charge is -2.30. The summed E-state index contributed by atoms with van der Waals surface area (Å²) in [6.07, 6.45) is 6.68. The molecule has 0 aromatic carbocycles. The van der Waals surface area contributed by atoms with E-state index in [9.17, 15) is 0 Å². The third kappa shape index (κ3) is 5.68. The second kappa shape index (κ2) is 9.76. The molecule has 0 aromatic heterocycles. The summed E-state index contributed by atoms with van der Waals surface area (Å²) in [7, 11) is 1.82. The van der Waals surface area contributed by atoms with Crippen molar-refractivity contribution < 1.29 is 4.74 Å². The largest absolute Gasteiger partial charge is 0.383 e. The fourth-order valence-corrected chi connectivity index (χ4v) is 2.89. The van der Waals surface area contributed by atoms with Gasteiger partial charge in [-0.25, -0.2) is 0 Å². The van der Waals surface area contributed by atoms with Crippen molar-refractivity contribution in [1.29, 1.82) is 0 Å². The molecule has 108 valence electrons. The van der Waals surface area contributed by atoms with Crippen molar-refractivity contribution in [2.24, 2.45) is 5.92 Å². The van der Waals surface area contributed by atoms with Crippen LogP contribution in [0.4, 0.5) is 0 Å². The second-order valence-electron chi connectivity index (χ2n) is 5.55. The molecule has 0 amide bonds. The first-order valence-corrected chi connectivity index (χ1v) is 7.75. The predicted molar refractivity (Wildman–Crippen MR) is 78.0 cm³/mol. The summed E-state index contributed by atoms with van der Waals surface area (Å²) in [6.45, 7) is 10.1. The minimum Gasteiger partial charge on any atom is -0.383 e. The number of ether oxygens (including phenoxy) is 1. The molecule has 3 heteroatoms. The third-order valence-electron chi connectivity index (χ3n) is 4.14. The highest BCUT2D eigenvalue weighted by atomic mass is 16.5. The molecule has 1 fully saturated rings. The Morgan fingerprint density at radius 1 is 1.28 bits per heavy atom. The zero-order valence-corrected chi connectivity index (χ0v) is 12.6. The van der Waals surface area contributed by atoms with Gasteiger partial charge in [0.15, 0.2) is 0 Å². The molecule has 0 spiro atoms. The Bertz CT molecular complexity index is 199. The average molecular weight is 256 g/mol. The molecule has 3 nitrogen and oxygen atoms in total. The highest BCUT2D eigenvalue weighted by Crippen LogP contribution is 2.21. The van der Waals surface area contributed by atoms with Gasteiger partial charge in [0, 0.05) is 19.7 Å². The van der Waals surface area contributed by atoms with E-state index in [-0.39, 0.29) is 0 Å². The molecule has 0 bridgehead atoms. The standard InChI is InChI=1S/C15H32N2O/c1-4-9-16-12-15(13-18-3)17-10-6-7-14(5-2)8-11-17/h14-16H,4-13H2,1-3H3. The van der Waals surface area contributed by atoms with Gasteiger partial charge in [0.1, 0.15) is 0 Å². The van der Waals surface area contributed by atoms with Crippen molar-refractivity contribution in [2.75, 3.05) is 39.9 Å². The van der Waals surface area contributed by atoms with Crippen LogP contribution >= 0.6 is 0 Å². The Morgan fingerprint density at radius 3 is 2.78 bits per heavy atom. The van der Waals surface area contributed by atoms with E-state index in [1.165, 1.54) is 45.2 Å². The fourth-order valence-electron chi connectivity index (χ4n) is 2.89. The molecule has 1 heterocycles. The molecular formula is C15H32N2O. The van der Waals surface area contributed by atoms with Crippen LogP contribution in [0.15, 0.2) is 0 Å². The first-order valence-electron chi connectivity index (χ1n) is 7.75. The lowest BCUT2D eigenvalue weighted by atomic mass is 9.98. The van der Waals surface area contributed by atoms with Crippen molar-refractivity contribution in [3.05, 3.63) is 0 Å². The SMILES string of the molecule is CCCNCC(COC)N1CCCC(CC)CC1. The summed E-state index contributed by atoms with van der Waals surface area (Å²) in [5, 5.41) is 3.54. The minimum atomic E-state index is 0.553.